The molecule has 1 saturated heterocycles. The van der Waals surface area contributed by atoms with Crippen molar-refractivity contribution < 1.29 is 14.1 Å². The summed E-state index contributed by atoms with van der Waals surface area (Å²) >= 11 is 0. The van der Waals surface area contributed by atoms with Crippen molar-refractivity contribution in [3.63, 3.8) is 0 Å². The minimum atomic E-state index is -0.187. The highest BCUT2D eigenvalue weighted by atomic mass is 35.5. The van der Waals surface area contributed by atoms with Crippen molar-refractivity contribution in [2.45, 2.75) is 39.0 Å². The first kappa shape index (κ1) is 19.9. The Hall–Kier alpha value is -1.11. The van der Waals surface area contributed by atoms with Crippen LogP contribution in [0.3, 0.4) is 0 Å². The molecule has 2 N–H and O–H groups in total. The molecule has 1 aliphatic rings. The van der Waals surface area contributed by atoms with Crippen LogP contribution in [-0.4, -0.2) is 44.4 Å². The summed E-state index contributed by atoms with van der Waals surface area (Å²) in [5.41, 5.74) is 0.191. The number of rotatable bonds is 5. The summed E-state index contributed by atoms with van der Waals surface area (Å²) in [5, 5.41) is 10.2. The quantitative estimate of drug-likeness (QED) is 0.855. The van der Waals surface area contributed by atoms with Gasteiger partial charge >= 0.3 is 0 Å². The van der Waals surface area contributed by atoms with Gasteiger partial charge in [0.2, 0.25) is 0 Å². The molecular weight excluding hydrogens is 318 g/mol. The lowest BCUT2D eigenvalue weighted by Gasteiger charge is -2.37. The Labute approximate surface area is 144 Å². The molecular formula is C16H28ClN3O3. The van der Waals surface area contributed by atoms with Crippen molar-refractivity contribution in [1.82, 2.24) is 15.8 Å². The van der Waals surface area contributed by atoms with Crippen LogP contribution in [0.25, 0.3) is 0 Å². The molecule has 0 aromatic carbocycles. The number of carbonyl (C=O) groups excluding carboxylic acids is 1. The van der Waals surface area contributed by atoms with E-state index in [4.69, 9.17) is 9.26 Å². The Balaban J connectivity index is 0.00000264. The summed E-state index contributed by atoms with van der Waals surface area (Å²) < 4.78 is 10.6. The highest BCUT2D eigenvalue weighted by molar-refractivity contribution is 5.92. The van der Waals surface area contributed by atoms with Gasteiger partial charge in [0.15, 0.2) is 5.69 Å². The number of hydrogen-bond acceptors (Lipinski definition) is 5. The molecule has 0 atom stereocenters. The lowest BCUT2D eigenvalue weighted by atomic mass is 9.79. The lowest BCUT2D eigenvalue weighted by Crippen LogP contribution is -2.47. The molecule has 2 rings (SSSR count). The topological polar surface area (TPSA) is 76.4 Å². The fourth-order valence-electron chi connectivity index (χ4n) is 2.73. The summed E-state index contributed by atoms with van der Waals surface area (Å²) in [4.78, 5) is 12.3. The predicted molar refractivity (Wildman–Crippen MR) is 91.2 cm³/mol. The molecule has 7 heteroatoms. The zero-order chi connectivity index (χ0) is 16.2. The van der Waals surface area contributed by atoms with Crippen molar-refractivity contribution in [1.29, 1.82) is 0 Å². The number of aromatic nitrogens is 1. The number of amides is 1. The summed E-state index contributed by atoms with van der Waals surface area (Å²) in [6, 6.07) is 1.72. The predicted octanol–water partition coefficient (Wildman–Crippen LogP) is 2.14. The second kappa shape index (κ2) is 8.13. The first-order valence-electron chi connectivity index (χ1n) is 7.81. The highest BCUT2D eigenvalue weighted by Gasteiger charge is 2.33. The first-order chi connectivity index (χ1) is 10.4. The van der Waals surface area contributed by atoms with Crippen LogP contribution < -0.4 is 10.6 Å². The van der Waals surface area contributed by atoms with Crippen molar-refractivity contribution in [3.8, 4) is 0 Å². The highest BCUT2D eigenvalue weighted by Crippen LogP contribution is 2.28. The van der Waals surface area contributed by atoms with E-state index in [1.165, 1.54) is 0 Å². The minimum absolute atomic E-state index is 0. The van der Waals surface area contributed by atoms with Crippen LogP contribution >= 0.6 is 12.4 Å². The van der Waals surface area contributed by atoms with E-state index in [9.17, 15) is 4.79 Å². The SMILES string of the molecule is COCC1(CNC(=O)c2cc(C(C)(C)C)on2)CCNCC1.Cl. The minimum Gasteiger partial charge on any atom is -0.384 e. The smallest absolute Gasteiger partial charge is 0.273 e. The van der Waals surface area contributed by atoms with Gasteiger partial charge in [0.25, 0.3) is 5.91 Å². The molecule has 23 heavy (non-hydrogen) atoms. The van der Waals surface area contributed by atoms with Gasteiger partial charge in [-0.1, -0.05) is 25.9 Å². The molecule has 0 bridgehead atoms. The van der Waals surface area contributed by atoms with Gasteiger partial charge in [-0.25, -0.2) is 0 Å². The lowest BCUT2D eigenvalue weighted by molar-refractivity contribution is 0.0510. The maximum atomic E-state index is 12.3. The zero-order valence-corrected chi connectivity index (χ0v) is 15.2. The average Bonchev–Trinajstić information content (AvgIpc) is 2.96. The van der Waals surface area contributed by atoms with Crippen LogP contribution in [0.5, 0.6) is 0 Å². The van der Waals surface area contributed by atoms with E-state index in [0.717, 1.165) is 25.9 Å². The normalized spacial score (nSPS) is 17.4. The molecule has 2 heterocycles. The van der Waals surface area contributed by atoms with Crippen molar-refractivity contribution in [3.05, 3.63) is 17.5 Å². The fraction of sp³-hybridized carbons (Fsp3) is 0.750. The Morgan fingerprint density at radius 1 is 1.43 bits per heavy atom. The number of hydrogen-bond donors (Lipinski definition) is 2. The van der Waals surface area contributed by atoms with Crippen LogP contribution in [0.4, 0.5) is 0 Å². The molecule has 0 spiro atoms. The second-order valence-corrected chi connectivity index (χ2v) is 7.19. The first-order valence-corrected chi connectivity index (χ1v) is 7.81. The average molecular weight is 346 g/mol. The molecule has 132 valence electrons. The van der Waals surface area contributed by atoms with Gasteiger partial charge in [0.1, 0.15) is 5.76 Å². The van der Waals surface area contributed by atoms with E-state index < -0.39 is 0 Å². The standard InChI is InChI=1S/C16H27N3O3.ClH/c1-15(2,3)13-9-12(19-22-13)14(20)18-10-16(11-21-4)5-7-17-8-6-16;/h9,17H,5-8,10-11H2,1-4H3,(H,18,20);1H. The van der Waals surface area contributed by atoms with Crippen molar-refractivity contribution in [2.75, 3.05) is 33.4 Å². The van der Waals surface area contributed by atoms with Crippen LogP contribution in [0, 0.1) is 5.41 Å². The van der Waals surface area contributed by atoms with E-state index in [2.05, 4.69) is 15.8 Å². The van der Waals surface area contributed by atoms with E-state index >= 15 is 0 Å². The number of nitrogens with zero attached hydrogens (tertiary/aromatic N) is 1. The number of piperidine rings is 1. The zero-order valence-electron chi connectivity index (χ0n) is 14.4. The maximum absolute atomic E-state index is 12.3. The number of nitrogens with one attached hydrogen (secondary N) is 2. The summed E-state index contributed by atoms with van der Waals surface area (Å²) in [6.45, 7) is 9.24. The summed E-state index contributed by atoms with van der Waals surface area (Å²) in [6.07, 6.45) is 1.99. The van der Waals surface area contributed by atoms with Crippen LogP contribution in [0.1, 0.15) is 49.9 Å². The Morgan fingerprint density at radius 2 is 2.09 bits per heavy atom. The van der Waals surface area contributed by atoms with E-state index in [1.807, 2.05) is 20.8 Å². The molecule has 0 saturated carbocycles. The second-order valence-electron chi connectivity index (χ2n) is 7.19. The van der Waals surface area contributed by atoms with Gasteiger partial charge in [-0.15, -0.1) is 12.4 Å². The summed E-state index contributed by atoms with van der Waals surface area (Å²) in [7, 11) is 1.71. The number of carbonyl (C=O) groups is 1. The molecule has 1 aromatic rings. The maximum Gasteiger partial charge on any atom is 0.273 e. The molecule has 1 aliphatic heterocycles. The van der Waals surface area contributed by atoms with Gasteiger partial charge in [0, 0.05) is 30.6 Å². The molecule has 1 fully saturated rings. The molecule has 1 aromatic heterocycles. The monoisotopic (exact) mass is 345 g/mol. The number of halogens is 1. The third-order valence-corrected chi connectivity index (χ3v) is 4.22. The fourth-order valence-corrected chi connectivity index (χ4v) is 2.73. The molecule has 1 amide bonds. The van der Waals surface area contributed by atoms with Crippen LogP contribution in [0.15, 0.2) is 10.6 Å². The van der Waals surface area contributed by atoms with E-state index in [1.54, 1.807) is 13.2 Å². The Kier molecular flexibility index (Phi) is 7.04. The van der Waals surface area contributed by atoms with Crippen molar-refractivity contribution >= 4 is 18.3 Å². The third kappa shape index (κ3) is 5.19. The van der Waals surface area contributed by atoms with Gasteiger partial charge in [-0.3, -0.25) is 4.79 Å². The van der Waals surface area contributed by atoms with Crippen LogP contribution in [-0.2, 0) is 10.2 Å². The van der Waals surface area contributed by atoms with Crippen LogP contribution in [0.2, 0.25) is 0 Å². The van der Waals surface area contributed by atoms with Crippen molar-refractivity contribution in [2.24, 2.45) is 5.41 Å². The van der Waals surface area contributed by atoms with Gasteiger partial charge in [0.05, 0.1) is 6.61 Å². The molecule has 0 unspecified atom stereocenters. The third-order valence-electron chi connectivity index (χ3n) is 4.22. The Bertz CT molecular complexity index is 499. The number of ether oxygens (including phenoxy) is 1. The van der Waals surface area contributed by atoms with E-state index in [-0.39, 0.29) is 29.1 Å². The van der Waals surface area contributed by atoms with E-state index in [0.29, 0.717) is 24.6 Å². The summed E-state index contributed by atoms with van der Waals surface area (Å²) in [5.74, 6) is 0.527. The number of methoxy groups -OCH3 is 1. The Morgan fingerprint density at radius 3 is 2.61 bits per heavy atom. The largest absolute Gasteiger partial charge is 0.384 e. The van der Waals surface area contributed by atoms with Gasteiger partial charge in [-0.05, 0) is 25.9 Å². The molecule has 6 nitrogen and oxygen atoms in total. The van der Waals surface area contributed by atoms with Gasteiger partial charge < -0.3 is 19.9 Å². The van der Waals surface area contributed by atoms with Gasteiger partial charge in [-0.2, -0.15) is 0 Å². The molecule has 0 radical (unpaired) electrons. The molecule has 0 aliphatic carbocycles.